The average molecular weight is 354 g/mol. The normalized spacial score (nSPS) is 13.9. The third-order valence-corrected chi connectivity index (χ3v) is 4.24. The lowest BCUT2D eigenvalue weighted by Crippen LogP contribution is -2.24. The number of nitrogens with zero attached hydrogens (tertiary/aromatic N) is 1. The Morgan fingerprint density at radius 2 is 1.69 bits per heavy atom. The second-order valence-corrected chi connectivity index (χ2v) is 6.26. The van der Waals surface area contributed by atoms with Crippen LogP contribution < -0.4 is 10.1 Å². The van der Waals surface area contributed by atoms with E-state index in [0.717, 1.165) is 6.29 Å². The van der Waals surface area contributed by atoms with Gasteiger partial charge in [0.15, 0.2) is 0 Å². The molecule has 0 saturated carbocycles. The molecule has 0 unspecified atom stereocenters. The number of ether oxygens (including phenoxy) is 1. The van der Waals surface area contributed by atoms with Gasteiger partial charge in [0.1, 0.15) is 12.0 Å². The van der Waals surface area contributed by atoms with E-state index in [1.54, 1.807) is 43.5 Å². The molecule has 0 spiro atoms. The maximum atomic E-state index is 12.0. The molecular weight excluding hydrogens is 328 g/mol. The van der Waals surface area contributed by atoms with Crippen LogP contribution in [0, 0.1) is 0 Å². The van der Waals surface area contributed by atoms with Gasteiger partial charge in [-0.3, -0.25) is 9.59 Å². The Morgan fingerprint density at radius 3 is 2.23 bits per heavy atom. The average Bonchev–Trinajstić information content (AvgIpc) is 2.69. The Hall–Kier alpha value is -2.66. The van der Waals surface area contributed by atoms with E-state index in [4.69, 9.17) is 4.74 Å². The van der Waals surface area contributed by atoms with E-state index >= 15 is 0 Å². The first kappa shape index (κ1) is 19.7. The number of carbonyl (C=O) groups excluding carboxylic acids is 2. The standard InChI is InChI=1S/C15H13NO3.C6H13N/c1-19-14-5-3-2-4-13(14)16-15(18)12-8-6-11(10-17)7-9-12;1-7-5-3-2-4-6-7/h2-10H,1H3,(H,16,18);2-6H2,1H3. The van der Waals surface area contributed by atoms with Crippen LogP contribution in [0.1, 0.15) is 40.0 Å². The molecule has 1 aliphatic heterocycles. The summed E-state index contributed by atoms with van der Waals surface area (Å²) in [5.41, 5.74) is 1.62. The molecule has 0 radical (unpaired) electrons. The molecule has 1 fully saturated rings. The first-order valence-corrected chi connectivity index (χ1v) is 8.82. The Bertz CT molecular complexity index is 707. The molecule has 1 heterocycles. The van der Waals surface area contributed by atoms with E-state index in [0.29, 0.717) is 22.6 Å². The Balaban J connectivity index is 0.000000290. The molecule has 26 heavy (non-hydrogen) atoms. The van der Waals surface area contributed by atoms with Crippen LogP contribution >= 0.6 is 0 Å². The van der Waals surface area contributed by atoms with Crippen LogP contribution in [-0.2, 0) is 0 Å². The van der Waals surface area contributed by atoms with Gasteiger partial charge in [0.2, 0.25) is 0 Å². The molecule has 0 aliphatic carbocycles. The summed E-state index contributed by atoms with van der Waals surface area (Å²) in [6, 6.07) is 13.6. The van der Waals surface area contributed by atoms with Gasteiger partial charge in [-0.15, -0.1) is 0 Å². The summed E-state index contributed by atoms with van der Waals surface area (Å²) < 4.78 is 5.16. The van der Waals surface area contributed by atoms with Crippen molar-refractivity contribution in [2.75, 3.05) is 32.6 Å². The highest BCUT2D eigenvalue weighted by atomic mass is 16.5. The molecule has 5 heteroatoms. The minimum absolute atomic E-state index is 0.248. The zero-order valence-electron chi connectivity index (χ0n) is 15.4. The number of para-hydroxylation sites is 2. The fourth-order valence-corrected chi connectivity index (χ4v) is 2.71. The first-order chi connectivity index (χ1) is 12.6. The van der Waals surface area contributed by atoms with Crippen molar-refractivity contribution in [3.63, 3.8) is 0 Å². The summed E-state index contributed by atoms with van der Waals surface area (Å²) >= 11 is 0. The minimum atomic E-state index is -0.248. The van der Waals surface area contributed by atoms with Gasteiger partial charge < -0.3 is 15.0 Å². The molecule has 2 aromatic rings. The number of rotatable bonds is 4. The predicted octanol–water partition coefficient (Wildman–Crippen LogP) is 3.86. The van der Waals surface area contributed by atoms with Crippen LogP contribution in [0.25, 0.3) is 0 Å². The number of aldehydes is 1. The third kappa shape index (κ3) is 6.01. The second-order valence-electron chi connectivity index (χ2n) is 6.26. The molecule has 5 nitrogen and oxygen atoms in total. The van der Waals surface area contributed by atoms with Gasteiger partial charge in [-0.2, -0.15) is 0 Å². The number of nitrogens with one attached hydrogen (secondary N) is 1. The zero-order chi connectivity index (χ0) is 18.8. The SMILES string of the molecule is CN1CCCCC1.COc1ccccc1NC(=O)c1ccc(C=O)cc1. The number of amides is 1. The molecule has 138 valence electrons. The summed E-state index contributed by atoms with van der Waals surface area (Å²) in [6.07, 6.45) is 5.01. The lowest BCUT2D eigenvalue weighted by atomic mass is 10.1. The monoisotopic (exact) mass is 354 g/mol. The van der Waals surface area contributed by atoms with Crippen molar-refractivity contribution in [2.24, 2.45) is 0 Å². The van der Waals surface area contributed by atoms with E-state index in [-0.39, 0.29) is 5.91 Å². The molecule has 0 atom stereocenters. The van der Waals surface area contributed by atoms with Crippen molar-refractivity contribution in [3.05, 3.63) is 59.7 Å². The molecule has 2 aromatic carbocycles. The fraction of sp³-hybridized carbons (Fsp3) is 0.333. The van der Waals surface area contributed by atoms with Gasteiger partial charge in [-0.05, 0) is 57.2 Å². The summed E-state index contributed by atoms with van der Waals surface area (Å²) in [5, 5.41) is 2.76. The smallest absolute Gasteiger partial charge is 0.255 e. The number of piperidine rings is 1. The van der Waals surface area contributed by atoms with Crippen molar-refractivity contribution in [1.29, 1.82) is 0 Å². The minimum Gasteiger partial charge on any atom is -0.495 e. The second kappa shape index (κ2) is 10.4. The Labute approximate surface area is 155 Å². The topological polar surface area (TPSA) is 58.6 Å². The highest BCUT2D eigenvalue weighted by molar-refractivity contribution is 6.05. The predicted molar refractivity (Wildman–Crippen MR) is 104 cm³/mol. The molecular formula is C21H26N2O3. The van der Waals surface area contributed by atoms with Crippen LogP contribution in [0.15, 0.2) is 48.5 Å². The maximum Gasteiger partial charge on any atom is 0.255 e. The van der Waals surface area contributed by atoms with Crippen LogP contribution in [0.3, 0.4) is 0 Å². The number of anilines is 1. The van der Waals surface area contributed by atoms with Crippen molar-refractivity contribution in [1.82, 2.24) is 4.90 Å². The molecule has 3 rings (SSSR count). The number of methoxy groups -OCH3 is 1. The fourth-order valence-electron chi connectivity index (χ4n) is 2.71. The van der Waals surface area contributed by atoms with Gasteiger partial charge in [0, 0.05) is 11.1 Å². The molecule has 1 amide bonds. The number of likely N-dealkylation sites (tertiary alicyclic amines) is 1. The molecule has 0 aromatic heterocycles. The summed E-state index contributed by atoms with van der Waals surface area (Å²) in [5.74, 6) is 0.349. The van der Waals surface area contributed by atoms with Crippen LogP contribution in [0.5, 0.6) is 5.75 Å². The number of hydrogen-bond donors (Lipinski definition) is 1. The van der Waals surface area contributed by atoms with Gasteiger partial charge in [0.05, 0.1) is 12.8 Å². The Kier molecular flexibility index (Phi) is 7.83. The van der Waals surface area contributed by atoms with Gasteiger partial charge in [-0.25, -0.2) is 0 Å². The van der Waals surface area contributed by atoms with Gasteiger partial charge >= 0.3 is 0 Å². The van der Waals surface area contributed by atoms with Crippen molar-refractivity contribution in [2.45, 2.75) is 19.3 Å². The van der Waals surface area contributed by atoms with E-state index < -0.39 is 0 Å². The van der Waals surface area contributed by atoms with E-state index in [1.165, 1.54) is 32.4 Å². The highest BCUT2D eigenvalue weighted by Crippen LogP contribution is 2.23. The number of benzene rings is 2. The molecule has 1 aliphatic rings. The van der Waals surface area contributed by atoms with Crippen molar-refractivity contribution in [3.8, 4) is 5.75 Å². The number of hydrogen-bond acceptors (Lipinski definition) is 4. The van der Waals surface area contributed by atoms with Gasteiger partial charge in [-0.1, -0.05) is 30.7 Å². The van der Waals surface area contributed by atoms with E-state index in [2.05, 4.69) is 17.3 Å². The van der Waals surface area contributed by atoms with Crippen LogP contribution in [0.4, 0.5) is 5.69 Å². The zero-order valence-corrected chi connectivity index (χ0v) is 15.4. The summed E-state index contributed by atoms with van der Waals surface area (Å²) in [6.45, 7) is 2.64. The third-order valence-electron chi connectivity index (χ3n) is 4.24. The van der Waals surface area contributed by atoms with Crippen molar-refractivity contribution >= 4 is 17.9 Å². The van der Waals surface area contributed by atoms with Crippen LogP contribution in [-0.4, -0.2) is 44.3 Å². The van der Waals surface area contributed by atoms with Crippen LogP contribution in [0.2, 0.25) is 0 Å². The maximum absolute atomic E-state index is 12.0. The largest absolute Gasteiger partial charge is 0.495 e. The molecule has 1 saturated heterocycles. The summed E-state index contributed by atoms with van der Waals surface area (Å²) in [7, 11) is 3.74. The van der Waals surface area contributed by atoms with E-state index in [1.807, 2.05) is 12.1 Å². The van der Waals surface area contributed by atoms with Gasteiger partial charge in [0.25, 0.3) is 5.91 Å². The quantitative estimate of drug-likeness (QED) is 0.847. The molecule has 1 N–H and O–H groups in total. The highest BCUT2D eigenvalue weighted by Gasteiger charge is 2.09. The Morgan fingerprint density at radius 1 is 1.04 bits per heavy atom. The first-order valence-electron chi connectivity index (χ1n) is 8.82. The number of carbonyl (C=O) groups is 2. The van der Waals surface area contributed by atoms with Crippen molar-refractivity contribution < 1.29 is 14.3 Å². The van der Waals surface area contributed by atoms with E-state index in [9.17, 15) is 9.59 Å². The lowest BCUT2D eigenvalue weighted by molar-refractivity contribution is 0.102. The molecule has 0 bridgehead atoms. The lowest BCUT2D eigenvalue weighted by Gasteiger charge is -2.20. The summed E-state index contributed by atoms with van der Waals surface area (Å²) in [4.78, 5) is 25.0.